The minimum atomic E-state index is -1.26. The van der Waals surface area contributed by atoms with E-state index >= 15 is 0 Å². The van der Waals surface area contributed by atoms with E-state index in [1.54, 1.807) is 12.2 Å². The number of hydrogen-bond acceptors (Lipinski definition) is 0. The van der Waals surface area contributed by atoms with Crippen molar-refractivity contribution in [3.05, 3.63) is 66.9 Å². The molecule has 0 saturated carbocycles. The van der Waals surface area contributed by atoms with E-state index < -0.39 is 8.07 Å². The Labute approximate surface area is 196 Å². The predicted molar refractivity (Wildman–Crippen MR) is 147 cm³/mol. The number of terminal acetylenes is 2. The van der Waals surface area contributed by atoms with Gasteiger partial charge in [0.05, 0.1) is 0 Å². The zero-order valence-corrected chi connectivity index (χ0v) is 21.6. The van der Waals surface area contributed by atoms with E-state index in [2.05, 4.69) is 136 Å². The zero-order chi connectivity index (χ0) is 24.1. The Kier molecular flexibility index (Phi) is 11.2. The number of benzene rings is 2. The van der Waals surface area contributed by atoms with E-state index in [0.29, 0.717) is 0 Å². The van der Waals surface area contributed by atoms with Crippen LogP contribution in [0.5, 0.6) is 0 Å². The first-order valence-electron chi connectivity index (χ1n) is 11.2. The number of para-hydroxylation sites is 2. The number of aryl methyl sites for hydroxylation is 2. The summed E-state index contributed by atoms with van der Waals surface area (Å²) in [6, 6.07) is 25.7. The first-order chi connectivity index (χ1) is 15.5. The maximum absolute atomic E-state index is 4.60. The largest absolute Gasteiger partial charge is 0.352 e. The van der Waals surface area contributed by atoms with Crippen molar-refractivity contribution < 1.29 is 0 Å². The van der Waals surface area contributed by atoms with Crippen molar-refractivity contribution in [2.45, 2.75) is 45.8 Å². The first kappa shape index (κ1) is 26.9. The molecule has 0 bridgehead atoms. The lowest BCUT2D eigenvalue weighted by atomic mass is 10.2. The molecule has 0 N–H and O–H groups in total. The van der Waals surface area contributed by atoms with Crippen molar-refractivity contribution in [1.29, 1.82) is 0 Å². The average Bonchev–Trinajstić information content (AvgIpc) is 3.39. The molecule has 0 amide bonds. The molecule has 0 spiro atoms. The van der Waals surface area contributed by atoms with Crippen LogP contribution in [0.4, 0.5) is 0 Å². The second kappa shape index (κ2) is 13.3. The van der Waals surface area contributed by atoms with Gasteiger partial charge in [-0.15, -0.1) is 25.2 Å². The van der Waals surface area contributed by atoms with E-state index in [-0.39, 0.29) is 0 Å². The highest BCUT2D eigenvalue weighted by atomic mass is 28.3. The second-order valence-electron chi connectivity index (χ2n) is 7.76. The van der Waals surface area contributed by atoms with Gasteiger partial charge in [0.15, 0.2) is 0 Å². The SMILES string of the molecule is C#C.C#CC.CC[Si](CC)(CC)c1cc2ccccc2n1C.Cn1ccc2ccccc21. The topological polar surface area (TPSA) is 9.86 Å². The molecule has 0 fully saturated rings. The Balaban J connectivity index is 0.000000288. The zero-order valence-electron chi connectivity index (χ0n) is 20.6. The Hall–Kier alpha value is -3.14. The molecule has 2 nitrogen and oxygen atoms in total. The molecule has 2 aromatic heterocycles. The lowest BCUT2D eigenvalue weighted by Gasteiger charge is -2.28. The van der Waals surface area contributed by atoms with Crippen LogP contribution >= 0.6 is 0 Å². The molecular weight excluding hydrogens is 404 g/mol. The summed E-state index contributed by atoms with van der Waals surface area (Å²) >= 11 is 0. The highest BCUT2D eigenvalue weighted by Gasteiger charge is 2.32. The van der Waals surface area contributed by atoms with Gasteiger partial charge in [0.1, 0.15) is 8.07 Å². The first-order valence-corrected chi connectivity index (χ1v) is 13.9. The molecule has 0 aliphatic heterocycles. The number of aromatic nitrogens is 2. The van der Waals surface area contributed by atoms with Crippen LogP contribution in [0, 0.1) is 25.2 Å². The van der Waals surface area contributed by atoms with Gasteiger partial charge in [0.25, 0.3) is 0 Å². The molecular formula is C29H38N2Si. The van der Waals surface area contributed by atoms with Crippen LogP contribution in [-0.4, -0.2) is 17.2 Å². The molecule has 0 aliphatic carbocycles. The molecule has 4 aromatic rings. The number of rotatable bonds is 4. The molecule has 32 heavy (non-hydrogen) atoms. The third-order valence-corrected chi connectivity index (χ3v) is 11.9. The molecule has 2 heterocycles. The smallest absolute Gasteiger partial charge is 0.107 e. The summed E-state index contributed by atoms with van der Waals surface area (Å²) in [5.41, 5.74) is 2.68. The Bertz CT molecular complexity index is 1140. The van der Waals surface area contributed by atoms with E-state index in [1.807, 2.05) is 0 Å². The molecule has 4 rings (SSSR count). The minimum absolute atomic E-state index is 1.26. The van der Waals surface area contributed by atoms with Crippen LogP contribution in [0.3, 0.4) is 0 Å². The molecule has 0 atom stereocenters. The Morgan fingerprint density at radius 1 is 0.781 bits per heavy atom. The fourth-order valence-corrected chi connectivity index (χ4v) is 8.19. The summed E-state index contributed by atoms with van der Waals surface area (Å²) in [4.78, 5) is 0. The molecule has 2 aromatic carbocycles. The number of hydrogen-bond donors (Lipinski definition) is 0. The van der Waals surface area contributed by atoms with Gasteiger partial charge < -0.3 is 9.13 Å². The molecule has 0 unspecified atom stereocenters. The van der Waals surface area contributed by atoms with E-state index in [4.69, 9.17) is 0 Å². The minimum Gasteiger partial charge on any atom is -0.352 e. The molecule has 168 valence electrons. The van der Waals surface area contributed by atoms with Gasteiger partial charge >= 0.3 is 0 Å². The standard InChI is InChI=1S/C15H23NSi.C9H9N.C3H4.C2H2/c1-5-17(6-2,7-3)15-12-13-10-8-9-11-14(13)16(15)4;1-10-7-6-8-4-2-3-5-9(8)10;1-3-2;1-2/h8-12H,5-7H2,1-4H3;2-7H,1H3;1H,2H3;1-2H. The summed E-state index contributed by atoms with van der Waals surface area (Å²) < 4.78 is 4.56. The fourth-order valence-electron chi connectivity index (χ4n) is 4.31. The summed E-state index contributed by atoms with van der Waals surface area (Å²) in [5.74, 6) is 2.25. The molecule has 3 heteroatoms. The molecule has 0 radical (unpaired) electrons. The van der Waals surface area contributed by atoms with Crippen molar-refractivity contribution >= 4 is 35.2 Å². The van der Waals surface area contributed by atoms with Gasteiger partial charge in [-0.3, -0.25) is 0 Å². The summed E-state index contributed by atoms with van der Waals surface area (Å²) in [6.45, 7) is 8.77. The lowest BCUT2D eigenvalue weighted by Crippen LogP contribution is -2.48. The van der Waals surface area contributed by atoms with Crippen molar-refractivity contribution in [3.63, 3.8) is 0 Å². The van der Waals surface area contributed by atoms with Crippen molar-refractivity contribution in [2.24, 2.45) is 14.1 Å². The van der Waals surface area contributed by atoms with Gasteiger partial charge in [-0.25, -0.2) is 0 Å². The normalized spacial score (nSPS) is 10.1. The van der Waals surface area contributed by atoms with E-state index in [1.165, 1.54) is 39.9 Å². The summed E-state index contributed by atoms with van der Waals surface area (Å²) in [7, 11) is 3.04. The maximum Gasteiger partial charge on any atom is 0.107 e. The van der Waals surface area contributed by atoms with Crippen molar-refractivity contribution in [1.82, 2.24) is 9.13 Å². The van der Waals surface area contributed by atoms with Gasteiger partial charge in [0.2, 0.25) is 0 Å². The van der Waals surface area contributed by atoms with Crippen LogP contribution in [0.2, 0.25) is 18.1 Å². The van der Waals surface area contributed by atoms with Crippen LogP contribution in [0.25, 0.3) is 21.8 Å². The van der Waals surface area contributed by atoms with Gasteiger partial charge in [-0.2, -0.15) is 0 Å². The van der Waals surface area contributed by atoms with Crippen LogP contribution in [0.15, 0.2) is 66.9 Å². The van der Waals surface area contributed by atoms with Gasteiger partial charge in [0, 0.05) is 36.6 Å². The predicted octanol–water partition coefficient (Wildman–Crippen LogP) is 6.96. The average molecular weight is 443 g/mol. The highest BCUT2D eigenvalue weighted by molar-refractivity contribution is 6.91. The Morgan fingerprint density at radius 3 is 1.72 bits per heavy atom. The third kappa shape index (κ3) is 5.97. The third-order valence-electron chi connectivity index (χ3n) is 6.32. The molecule has 0 saturated heterocycles. The lowest BCUT2D eigenvalue weighted by molar-refractivity contribution is 0.969. The summed E-state index contributed by atoms with van der Waals surface area (Å²) in [6.07, 6.45) is 14.7. The van der Waals surface area contributed by atoms with Gasteiger partial charge in [-0.1, -0.05) is 75.3 Å². The summed E-state index contributed by atoms with van der Waals surface area (Å²) in [5, 5.41) is 4.34. The van der Waals surface area contributed by atoms with E-state index in [9.17, 15) is 0 Å². The van der Waals surface area contributed by atoms with Crippen LogP contribution < -0.4 is 5.32 Å². The molecule has 0 aliphatic rings. The van der Waals surface area contributed by atoms with Crippen molar-refractivity contribution in [2.75, 3.05) is 0 Å². The van der Waals surface area contributed by atoms with Crippen molar-refractivity contribution in [3.8, 4) is 25.2 Å². The monoisotopic (exact) mass is 442 g/mol. The number of nitrogens with zero attached hydrogens (tertiary/aromatic N) is 2. The second-order valence-corrected chi connectivity index (χ2v) is 13.0. The van der Waals surface area contributed by atoms with Gasteiger partial charge in [-0.05, 0) is 42.0 Å². The van der Waals surface area contributed by atoms with Crippen LogP contribution in [-0.2, 0) is 14.1 Å². The highest BCUT2D eigenvalue weighted by Crippen LogP contribution is 2.23. The van der Waals surface area contributed by atoms with E-state index in [0.717, 1.165) is 0 Å². The quantitative estimate of drug-likeness (QED) is 0.239. The Morgan fingerprint density at radius 2 is 1.25 bits per heavy atom. The van der Waals surface area contributed by atoms with Crippen LogP contribution in [0.1, 0.15) is 27.7 Å². The number of fused-ring (bicyclic) bond motifs is 2. The maximum atomic E-state index is 4.60. The fraction of sp³-hybridized carbons (Fsp3) is 0.310.